The van der Waals surface area contributed by atoms with E-state index in [0.717, 1.165) is 9.92 Å². The number of aliphatic imine (C=N–C) groups is 1. The molecule has 0 saturated carbocycles. The first-order valence-electron chi connectivity index (χ1n) is 5.80. The maximum atomic E-state index is 11.0. The van der Waals surface area contributed by atoms with Crippen molar-refractivity contribution >= 4 is 38.4 Å². The summed E-state index contributed by atoms with van der Waals surface area (Å²) in [4.78, 5) is 5.25. The van der Waals surface area contributed by atoms with Gasteiger partial charge in [-0.3, -0.25) is 9.55 Å². The van der Waals surface area contributed by atoms with Crippen LogP contribution >= 0.6 is 23.1 Å². The van der Waals surface area contributed by atoms with Crippen LogP contribution in [0.15, 0.2) is 35.2 Å². The van der Waals surface area contributed by atoms with Crippen molar-refractivity contribution in [3.63, 3.8) is 0 Å². The van der Waals surface area contributed by atoms with Crippen LogP contribution in [0, 0.1) is 0 Å². The van der Waals surface area contributed by atoms with E-state index in [2.05, 4.69) is 16.3 Å². The number of thiophene rings is 1. The molecule has 0 aliphatic rings. The van der Waals surface area contributed by atoms with Gasteiger partial charge in [0.05, 0.1) is 9.62 Å². The Bertz CT molecular complexity index is 581. The smallest absolute Gasteiger partial charge is 0.280 e. The summed E-state index contributed by atoms with van der Waals surface area (Å²) in [6.45, 7) is 7.27. The minimum Gasteiger partial charge on any atom is -0.280 e. The van der Waals surface area contributed by atoms with Gasteiger partial charge in [-0.05, 0) is 25.3 Å². The molecule has 1 unspecified atom stereocenters. The van der Waals surface area contributed by atoms with Crippen LogP contribution in [-0.4, -0.2) is 35.9 Å². The van der Waals surface area contributed by atoms with Gasteiger partial charge in [0.15, 0.2) is 0 Å². The molecule has 0 spiro atoms. The lowest BCUT2D eigenvalue weighted by Crippen LogP contribution is -2.46. The van der Waals surface area contributed by atoms with Crippen LogP contribution in [0.3, 0.4) is 0 Å². The maximum Gasteiger partial charge on any atom is 0.333 e. The number of nitrogens with one attached hydrogen (secondary N) is 1. The Morgan fingerprint density at radius 2 is 2.35 bits per heavy atom. The number of hydrogen-bond acceptors (Lipinski definition) is 5. The highest BCUT2D eigenvalue weighted by Crippen LogP contribution is 2.34. The van der Waals surface area contributed by atoms with E-state index in [-0.39, 0.29) is 0 Å². The minimum absolute atomic E-state index is 0.545. The summed E-state index contributed by atoms with van der Waals surface area (Å²) in [5, 5.41) is 2.75. The number of thioether (sulfide) groups is 1. The second-order valence-corrected chi connectivity index (χ2v) is 7.91. The summed E-state index contributed by atoms with van der Waals surface area (Å²) in [5.41, 5.74) is 0. The SMILES string of the molecule is C=C[C@@](C)(S/C(=N\C)c1cccs1)C(C)NS(=O)(=O)O. The Balaban J connectivity index is 2.97. The van der Waals surface area contributed by atoms with Crippen LogP contribution in [0.25, 0.3) is 0 Å². The fourth-order valence-corrected chi connectivity index (χ4v) is 4.15. The molecule has 20 heavy (non-hydrogen) atoms. The van der Waals surface area contributed by atoms with E-state index in [1.54, 1.807) is 31.4 Å². The molecule has 2 atom stereocenters. The average molecular weight is 334 g/mol. The van der Waals surface area contributed by atoms with Gasteiger partial charge in [-0.15, -0.1) is 17.9 Å². The van der Waals surface area contributed by atoms with Gasteiger partial charge in [-0.2, -0.15) is 13.1 Å². The Morgan fingerprint density at radius 3 is 2.75 bits per heavy atom. The van der Waals surface area contributed by atoms with E-state index in [0.29, 0.717) is 0 Å². The minimum atomic E-state index is -4.26. The van der Waals surface area contributed by atoms with Gasteiger partial charge >= 0.3 is 10.3 Å². The van der Waals surface area contributed by atoms with Crippen molar-refractivity contribution in [1.29, 1.82) is 0 Å². The summed E-state index contributed by atoms with van der Waals surface area (Å²) in [6, 6.07) is 3.33. The summed E-state index contributed by atoms with van der Waals surface area (Å²) in [6.07, 6.45) is 1.65. The van der Waals surface area contributed by atoms with Gasteiger partial charge in [-0.25, -0.2) is 0 Å². The van der Waals surface area contributed by atoms with E-state index >= 15 is 0 Å². The van der Waals surface area contributed by atoms with Crippen LogP contribution < -0.4 is 4.72 Å². The third-order valence-electron chi connectivity index (χ3n) is 2.84. The third-order valence-corrected chi connectivity index (χ3v) is 6.06. The van der Waals surface area contributed by atoms with E-state index in [9.17, 15) is 8.42 Å². The second-order valence-electron chi connectivity index (χ2n) is 4.31. The quantitative estimate of drug-likeness (QED) is 0.363. The second kappa shape index (κ2) is 6.86. The lowest BCUT2D eigenvalue weighted by atomic mass is 10.0. The van der Waals surface area contributed by atoms with Crippen molar-refractivity contribution in [3.05, 3.63) is 35.0 Å². The molecule has 0 aromatic carbocycles. The molecule has 1 aromatic rings. The highest BCUT2D eigenvalue weighted by Gasteiger charge is 2.33. The van der Waals surface area contributed by atoms with Crippen LogP contribution in [0.4, 0.5) is 0 Å². The topological polar surface area (TPSA) is 78.8 Å². The van der Waals surface area contributed by atoms with E-state index in [4.69, 9.17) is 4.55 Å². The van der Waals surface area contributed by atoms with Crippen LogP contribution in [0.5, 0.6) is 0 Å². The standard InChI is InChI=1S/C12H18N2O3S3/c1-5-12(3,9(2)14-20(15,16)17)19-11(13-4)10-7-6-8-18-10/h5-9,14H,1H2,2-4H3,(H,15,16,17)/b13-11-/t9?,12-/m1/s1. The summed E-state index contributed by atoms with van der Waals surface area (Å²) in [5.74, 6) is 0. The van der Waals surface area contributed by atoms with Crippen molar-refractivity contribution in [2.24, 2.45) is 4.99 Å². The molecule has 1 rings (SSSR count). The Kier molecular flexibility index (Phi) is 5.96. The molecule has 0 amide bonds. The number of nitrogens with zero attached hydrogens (tertiary/aromatic N) is 1. The predicted molar refractivity (Wildman–Crippen MR) is 87.1 cm³/mol. The molecule has 5 nitrogen and oxygen atoms in total. The molecule has 0 fully saturated rings. The van der Waals surface area contributed by atoms with E-state index in [1.165, 1.54) is 11.8 Å². The fourth-order valence-electron chi connectivity index (χ4n) is 1.46. The van der Waals surface area contributed by atoms with Gasteiger partial charge in [0.1, 0.15) is 5.04 Å². The predicted octanol–water partition coefficient (Wildman–Crippen LogP) is 2.58. The first-order chi connectivity index (χ1) is 9.22. The summed E-state index contributed by atoms with van der Waals surface area (Å²) < 4.78 is 32.4. The number of hydrogen-bond donors (Lipinski definition) is 2. The van der Waals surface area contributed by atoms with Crippen LogP contribution in [0.2, 0.25) is 0 Å². The normalized spacial score (nSPS) is 17.5. The molecule has 2 N–H and O–H groups in total. The van der Waals surface area contributed by atoms with Gasteiger partial charge in [-0.1, -0.05) is 23.9 Å². The molecule has 0 bridgehead atoms. The molecule has 0 aliphatic carbocycles. The average Bonchev–Trinajstić information content (AvgIpc) is 2.87. The highest BCUT2D eigenvalue weighted by molar-refractivity contribution is 8.16. The lowest BCUT2D eigenvalue weighted by molar-refractivity contribution is 0.445. The zero-order valence-corrected chi connectivity index (χ0v) is 14.0. The molecule has 0 radical (unpaired) electrons. The Labute approximate surface area is 128 Å². The Morgan fingerprint density at radius 1 is 1.70 bits per heavy atom. The lowest BCUT2D eigenvalue weighted by Gasteiger charge is -2.31. The third kappa shape index (κ3) is 4.71. The zero-order chi connectivity index (χ0) is 15.4. The molecular formula is C12H18N2O3S3. The molecule has 0 aliphatic heterocycles. The van der Waals surface area contributed by atoms with Crippen molar-refractivity contribution in [2.45, 2.75) is 24.6 Å². The van der Waals surface area contributed by atoms with Gasteiger partial charge in [0.2, 0.25) is 0 Å². The summed E-state index contributed by atoms with van der Waals surface area (Å²) in [7, 11) is -2.57. The van der Waals surface area contributed by atoms with Crippen LogP contribution in [0.1, 0.15) is 18.7 Å². The zero-order valence-electron chi connectivity index (χ0n) is 11.5. The van der Waals surface area contributed by atoms with Gasteiger partial charge in [0.25, 0.3) is 0 Å². The fraction of sp³-hybridized carbons (Fsp3) is 0.417. The van der Waals surface area contributed by atoms with Crippen LogP contribution in [-0.2, 0) is 10.3 Å². The van der Waals surface area contributed by atoms with E-state index < -0.39 is 21.1 Å². The number of rotatable bonds is 6. The summed E-state index contributed by atoms with van der Waals surface area (Å²) >= 11 is 2.96. The van der Waals surface area contributed by atoms with Crippen molar-refractivity contribution in [2.75, 3.05) is 7.05 Å². The van der Waals surface area contributed by atoms with E-state index in [1.807, 2.05) is 24.4 Å². The highest BCUT2D eigenvalue weighted by atomic mass is 32.2. The first-order valence-corrected chi connectivity index (χ1v) is 8.93. The maximum absolute atomic E-state index is 11.0. The largest absolute Gasteiger partial charge is 0.333 e. The monoisotopic (exact) mass is 334 g/mol. The Hall–Kier alpha value is -0.670. The molecule has 1 aromatic heterocycles. The van der Waals surface area contributed by atoms with Crippen molar-refractivity contribution < 1.29 is 13.0 Å². The van der Waals surface area contributed by atoms with Gasteiger partial charge in [0, 0.05) is 13.1 Å². The van der Waals surface area contributed by atoms with Crippen molar-refractivity contribution in [3.8, 4) is 0 Å². The molecule has 112 valence electrons. The van der Waals surface area contributed by atoms with Crippen molar-refractivity contribution in [1.82, 2.24) is 4.72 Å². The van der Waals surface area contributed by atoms with Gasteiger partial charge < -0.3 is 0 Å². The molecule has 0 saturated heterocycles. The molecular weight excluding hydrogens is 316 g/mol. The first kappa shape index (κ1) is 17.4. The molecule has 1 heterocycles. The molecule has 8 heteroatoms.